The molecule has 3 aliphatic rings. The molecule has 2 bridgehead atoms. The maximum absolute atomic E-state index is 11.4. The van der Waals surface area contributed by atoms with E-state index in [0.29, 0.717) is 18.4 Å². The summed E-state index contributed by atoms with van der Waals surface area (Å²) in [4.78, 5) is 11.4. The Bertz CT molecular complexity index is 256. The summed E-state index contributed by atoms with van der Waals surface area (Å²) in [5.41, 5.74) is 6.81. The van der Waals surface area contributed by atoms with E-state index in [2.05, 4.69) is 0 Å². The fourth-order valence-corrected chi connectivity index (χ4v) is 3.27. The number of esters is 1. The summed E-state index contributed by atoms with van der Waals surface area (Å²) in [5, 5.41) is 0. The molecule has 0 aromatic rings. The molecular weight excluding hydrogens is 238 g/mol. The van der Waals surface area contributed by atoms with Crippen LogP contribution in [0.2, 0.25) is 0 Å². The van der Waals surface area contributed by atoms with E-state index in [1.54, 1.807) is 0 Å². The van der Waals surface area contributed by atoms with Gasteiger partial charge in [-0.1, -0.05) is 0 Å². The van der Waals surface area contributed by atoms with Gasteiger partial charge >= 0.3 is 5.97 Å². The number of hydrogen-bond acceptors (Lipinski definition) is 3. The van der Waals surface area contributed by atoms with Gasteiger partial charge in [0.15, 0.2) is 0 Å². The maximum atomic E-state index is 11.4. The van der Waals surface area contributed by atoms with Gasteiger partial charge < -0.3 is 10.5 Å². The third kappa shape index (κ3) is 3.35. The molecule has 0 atom stereocenters. The Morgan fingerprint density at radius 3 is 2.18 bits per heavy atom. The third-order valence-corrected chi connectivity index (χ3v) is 4.62. The van der Waals surface area contributed by atoms with Gasteiger partial charge in [-0.15, -0.1) is 12.4 Å². The summed E-state index contributed by atoms with van der Waals surface area (Å²) < 4.78 is 4.99. The van der Waals surface area contributed by atoms with Crippen molar-refractivity contribution in [2.75, 3.05) is 6.61 Å². The van der Waals surface area contributed by atoms with Gasteiger partial charge in [-0.25, -0.2) is 0 Å². The summed E-state index contributed by atoms with van der Waals surface area (Å²) in [7, 11) is 0. The van der Waals surface area contributed by atoms with Crippen molar-refractivity contribution in [2.24, 2.45) is 11.1 Å². The minimum Gasteiger partial charge on any atom is -0.466 e. The zero-order valence-electron chi connectivity index (χ0n) is 10.7. The molecule has 0 radical (unpaired) electrons. The summed E-state index contributed by atoms with van der Waals surface area (Å²) >= 11 is 0. The third-order valence-electron chi connectivity index (χ3n) is 4.62. The van der Waals surface area contributed by atoms with Gasteiger partial charge in [0.2, 0.25) is 0 Å². The molecule has 3 saturated carbocycles. The van der Waals surface area contributed by atoms with Crippen molar-refractivity contribution < 1.29 is 9.53 Å². The molecule has 3 rings (SSSR count). The van der Waals surface area contributed by atoms with Crippen molar-refractivity contribution in [3.8, 4) is 0 Å². The molecule has 0 aromatic heterocycles. The van der Waals surface area contributed by atoms with Gasteiger partial charge in [-0.2, -0.15) is 0 Å². The fourth-order valence-electron chi connectivity index (χ4n) is 3.27. The van der Waals surface area contributed by atoms with Crippen LogP contribution in [0.15, 0.2) is 0 Å². The van der Waals surface area contributed by atoms with Crippen molar-refractivity contribution in [2.45, 2.75) is 63.8 Å². The second-order valence-electron chi connectivity index (χ2n) is 5.67. The van der Waals surface area contributed by atoms with E-state index in [4.69, 9.17) is 10.5 Å². The molecule has 17 heavy (non-hydrogen) atoms. The molecule has 0 amide bonds. The number of nitrogens with two attached hydrogens (primary N) is 1. The van der Waals surface area contributed by atoms with E-state index < -0.39 is 0 Å². The van der Waals surface area contributed by atoms with Crippen LogP contribution in [-0.2, 0) is 9.53 Å². The van der Waals surface area contributed by atoms with Gasteiger partial charge in [0.1, 0.15) is 0 Å². The predicted molar refractivity (Wildman–Crippen MR) is 70.2 cm³/mol. The van der Waals surface area contributed by atoms with Crippen molar-refractivity contribution in [1.29, 1.82) is 0 Å². The van der Waals surface area contributed by atoms with E-state index in [1.165, 1.54) is 19.3 Å². The average Bonchev–Trinajstić information content (AvgIpc) is 2.29. The second-order valence-corrected chi connectivity index (χ2v) is 5.67. The molecule has 0 saturated heterocycles. The van der Waals surface area contributed by atoms with E-state index in [0.717, 1.165) is 25.7 Å². The van der Waals surface area contributed by atoms with Crippen LogP contribution in [0.4, 0.5) is 0 Å². The highest BCUT2D eigenvalue weighted by Gasteiger charge is 2.46. The van der Waals surface area contributed by atoms with E-state index in [9.17, 15) is 4.79 Å². The lowest BCUT2D eigenvalue weighted by molar-refractivity contribution is -0.144. The fraction of sp³-hybridized carbons (Fsp3) is 0.923. The molecule has 4 heteroatoms. The second kappa shape index (κ2) is 5.57. The van der Waals surface area contributed by atoms with Crippen molar-refractivity contribution >= 4 is 18.4 Å². The molecule has 3 nitrogen and oxygen atoms in total. The monoisotopic (exact) mass is 261 g/mol. The summed E-state index contributed by atoms with van der Waals surface area (Å²) in [6.45, 7) is 2.36. The van der Waals surface area contributed by atoms with Gasteiger partial charge in [0.25, 0.3) is 0 Å². The van der Waals surface area contributed by atoms with Crippen LogP contribution < -0.4 is 5.73 Å². The smallest absolute Gasteiger partial charge is 0.305 e. The molecule has 2 N–H and O–H groups in total. The Morgan fingerprint density at radius 1 is 1.18 bits per heavy atom. The van der Waals surface area contributed by atoms with Crippen LogP contribution in [0.25, 0.3) is 0 Å². The molecule has 0 aromatic carbocycles. The number of rotatable bonds is 4. The first-order valence-corrected chi connectivity index (χ1v) is 6.52. The molecule has 3 aliphatic carbocycles. The van der Waals surface area contributed by atoms with Gasteiger partial charge in [-0.05, 0) is 57.3 Å². The van der Waals surface area contributed by atoms with E-state index >= 15 is 0 Å². The first kappa shape index (κ1) is 14.8. The minimum atomic E-state index is -0.0352. The van der Waals surface area contributed by atoms with Crippen LogP contribution in [0, 0.1) is 5.41 Å². The number of carbonyl (C=O) groups excluding carboxylic acids is 1. The number of carbonyl (C=O) groups is 1. The Balaban J connectivity index is 0.00000144. The standard InChI is InChI=1S/C13H23NO2.ClH/c1-2-16-11(15)3-4-12-5-8-13(14,9-6-12)10-7-12;/h2-10,14H2,1H3;1H. The quantitative estimate of drug-likeness (QED) is 0.792. The first-order chi connectivity index (χ1) is 7.58. The minimum absolute atomic E-state index is 0. The molecule has 0 heterocycles. The zero-order chi connectivity index (χ0) is 11.6. The molecular formula is C13H24ClNO2. The normalized spacial score (nSPS) is 35.2. The van der Waals surface area contributed by atoms with Crippen LogP contribution in [-0.4, -0.2) is 18.1 Å². The van der Waals surface area contributed by atoms with Crippen molar-refractivity contribution in [3.63, 3.8) is 0 Å². The lowest BCUT2D eigenvalue weighted by atomic mass is 9.56. The highest BCUT2D eigenvalue weighted by Crippen LogP contribution is 2.53. The summed E-state index contributed by atoms with van der Waals surface area (Å²) in [6.07, 6.45) is 8.67. The van der Waals surface area contributed by atoms with E-state index in [-0.39, 0.29) is 23.9 Å². The molecule has 0 spiro atoms. The van der Waals surface area contributed by atoms with Gasteiger partial charge in [0.05, 0.1) is 6.61 Å². The largest absolute Gasteiger partial charge is 0.466 e. The van der Waals surface area contributed by atoms with E-state index in [1.807, 2.05) is 6.92 Å². The van der Waals surface area contributed by atoms with Crippen LogP contribution in [0.3, 0.4) is 0 Å². The number of ether oxygens (including phenoxy) is 1. The lowest BCUT2D eigenvalue weighted by Gasteiger charge is -2.52. The summed E-state index contributed by atoms with van der Waals surface area (Å²) in [6, 6.07) is 0. The average molecular weight is 262 g/mol. The molecule has 0 aliphatic heterocycles. The van der Waals surface area contributed by atoms with Crippen LogP contribution in [0.5, 0.6) is 0 Å². The van der Waals surface area contributed by atoms with Gasteiger partial charge in [0, 0.05) is 12.0 Å². The Kier molecular flexibility index (Phi) is 4.85. The molecule has 100 valence electrons. The first-order valence-electron chi connectivity index (χ1n) is 6.52. The Hall–Kier alpha value is -0.280. The lowest BCUT2D eigenvalue weighted by Crippen LogP contribution is -2.51. The zero-order valence-corrected chi connectivity index (χ0v) is 11.5. The Labute approximate surface area is 110 Å². The molecule has 3 fully saturated rings. The Morgan fingerprint density at radius 2 is 1.71 bits per heavy atom. The number of fused-ring (bicyclic) bond motifs is 3. The summed E-state index contributed by atoms with van der Waals surface area (Å²) in [5.74, 6) is -0.0352. The number of hydrogen-bond donors (Lipinski definition) is 1. The highest BCUT2D eigenvalue weighted by atomic mass is 35.5. The topological polar surface area (TPSA) is 52.3 Å². The van der Waals surface area contributed by atoms with Crippen LogP contribution in [0.1, 0.15) is 58.3 Å². The van der Waals surface area contributed by atoms with Gasteiger partial charge in [-0.3, -0.25) is 4.79 Å². The number of halogens is 1. The van der Waals surface area contributed by atoms with Crippen LogP contribution >= 0.6 is 12.4 Å². The SMILES string of the molecule is CCOC(=O)CCC12CCC(N)(CC1)CC2.Cl. The van der Waals surface area contributed by atoms with Crippen molar-refractivity contribution in [3.05, 3.63) is 0 Å². The highest BCUT2D eigenvalue weighted by molar-refractivity contribution is 5.85. The maximum Gasteiger partial charge on any atom is 0.305 e. The van der Waals surface area contributed by atoms with Crippen molar-refractivity contribution in [1.82, 2.24) is 0 Å². The molecule has 0 unspecified atom stereocenters. The predicted octanol–water partition coefficient (Wildman–Crippen LogP) is 2.80.